The van der Waals surface area contributed by atoms with Crippen molar-refractivity contribution in [2.45, 2.75) is 27.7 Å². The number of hydrogen-bond donors (Lipinski definition) is 1. The number of benzene rings is 2. The molecule has 0 unspecified atom stereocenters. The van der Waals surface area contributed by atoms with Gasteiger partial charge >= 0.3 is 5.91 Å². The first-order valence-corrected chi connectivity index (χ1v) is 13.0. The summed E-state index contributed by atoms with van der Waals surface area (Å²) in [5, 5.41) is 5.05. The fraction of sp³-hybridized carbons (Fsp3) is 0.231. The maximum atomic E-state index is 12.6. The molecule has 176 valence electrons. The number of nitrogens with zero attached hydrogens (tertiary/aromatic N) is 3. The van der Waals surface area contributed by atoms with Crippen molar-refractivity contribution in [2.24, 2.45) is 5.10 Å². The van der Waals surface area contributed by atoms with Gasteiger partial charge in [0.05, 0.1) is 9.78 Å². The molecule has 4 aromatic rings. The molecule has 0 aliphatic carbocycles. The van der Waals surface area contributed by atoms with E-state index in [0.717, 1.165) is 49.2 Å². The molecule has 4 rings (SSSR count). The van der Waals surface area contributed by atoms with Gasteiger partial charge in [-0.3, -0.25) is 4.79 Å². The summed E-state index contributed by atoms with van der Waals surface area (Å²) in [5.74, 6) is -0.165. The summed E-state index contributed by atoms with van der Waals surface area (Å²) in [4.78, 5) is 14.9. The second-order valence-electron chi connectivity index (χ2n) is 7.97. The number of hydrazone groups is 1. The van der Waals surface area contributed by atoms with E-state index in [9.17, 15) is 4.79 Å². The second-order valence-corrected chi connectivity index (χ2v) is 10.0. The third kappa shape index (κ3) is 4.93. The number of fused-ring (bicyclic) bond motifs is 1. The zero-order valence-corrected chi connectivity index (χ0v) is 23.3. The van der Waals surface area contributed by atoms with E-state index in [1.54, 1.807) is 12.3 Å². The Morgan fingerprint density at radius 1 is 1.15 bits per heavy atom. The molecule has 0 atom stereocenters. The van der Waals surface area contributed by atoms with Crippen LogP contribution >= 0.6 is 38.5 Å². The number of hydrogen-bond acceptors (Lipinski definition) is 4. The zero-order chi connectivity index (χ0) is 24.4. The van der Waals surface area contributed by atoms with Crippen LogP contribution in [-0.2, 0) is 0 Å². The summed E-state index contributed by atoms with van der Waals surface area (Å²) in [6.45, 7) is 10.4. The molecule has 0 aliphatic heterocycles. The topological polar surface area (TPSA) is 62.8 Å². The summed E-state index contributed by atoms with van der Waals surface area (Å²) in [5.41, 5.74) is 8.66. The monoisotopic (exact) mass is 632 g/mol. The predicted molar refractivity (Wildman–Crippen MR) is 150 cm³/mol. The van der Waals surface area contributed by atoms with E-state index in [4.69, 9.17) is 4.42 Å². The Bertz CT molecular complexity index is 1370. The average molecular weight is 633 g/mol. The Balaban J connectivity index is 1.51. The lowest BCUT2D eigenvalue weighted by atomic mass is 10.2. The van der Waals surface area contributed by atoms with Gasteiger partial charge in [0.15, 0.2) is 5.76 Å². The molecule has 0 radical (unpaired) electrons. The highest BCUT2D eigenvalue weighted by molar-refractivity contribution is 14.1. The van der Waals surface area contributed by atoms with E-state index >= 15 is 0 Å². The first kappa shape index (κ1) is 24.5. The van der Waals surface area contributed by atoms with E-state index in [0.29, 0.717) is 5.58 Å². The third-order valence-electron chi connectivity index (χ3n) is 5.84. The Kier molecular flexibility index (Phi) is 7.47. The van der Waals surface area contributed by atoms with Crippen LogP contribution in [-0.4, -0.2) is 29.8 Å². The van der Waals surface area contributed by atoms with E-state index in [-0.39, 0.29) is 11.7 Å². The average Bonchev–Trinajstić information content (AvgIpc) is 3.36. The molecule has 2 aromatic heterocycles. The van der Waals surface area contributed by atoms with Crippen molar-refractivity contribution in [1.29, 1.82) is 0 Å². The predicted octanol–water partition coefficient (Wildman–Crippen LogP) is 6.82. The summed E-state index contributed by atoms with van der Waals surface area (Å²) < 4.78 is 9.80. The molecule has 0 saturated heterocycles. The van der Waals surface area contributed by atoms with Crippen LogP contribution in [0.4, 0.5) is 5.69 Å². The molecule has 0 spiro atoms. The number of carbonyl (C=O) groups is 1. The quantitative estimate of drug-likeness (QED) is 0.138. The van der Waals surface area contributed by atoms with Crippen LogP contribution in [0.3, 0.4) is 0 Å². The minimum absolute atomic E-state index is 0.224. The first-order valence-electron chi connectivity index (χ1n) is 11.1. The number of anilines is 1. The highest BCUT2D eigenvalue weighted by Crippen LogP contribution is 2.28. The molecular formula is C26H26BrIN4O2. The molecule has 8 heteroatoms. The minimum Gasteiger partial charge on any atom is -0.450 e. The lowest BCUT2D eigenvalue weighted by Gasteiger charge is -2.21. The summed E-state index contributed by atoms with van der Waals surface area (Å²) >= 11 is 5.66. The number of rotatable bonds is 7. The van der Waals surface area contributed by atoms with Crippen LogP contribution in [0.2, 0.25) is 0 Å². The Labute approximate surface area is 221 Å². The fourth-order valence-corrected chi connectivity index (χ4v) is 5.78. The minimum atomic E-state index is -0.389. The summed E-state index contributed by atoms with van der Waals surface area (Å²) in [7, 11) is 0. The molecule has 34 heavy (non-hydrogen) atoms. The number of carbonyl (C=O) groups excluding carboxylic acids is 1. The largest absolute Gasteiger partial charge is 0.450 e. The van der Waals surface area contributed by atoms with Crippen molar-refractivity contribution in [2.75, 3.05) is 18.0 Å². The first-order chi connectivity index (χ1) is 16.3. The van der Waals surface area contributed by atoms with Gasteiger partial charge in [-0.15, -0.1) is 0 Å². The number of amides is 1. The number of aryl methyl sites for hydroxylation is 1. The fourth-order valence-electron chi connectivity index (χ4n) is 4.12. The highest BCUT2D eigenvalue weighted by Gasteiger charge is 2.15. The SMILES string of the molecule is CCN(CC)c1ccc(-n2c(C)cc(/C=N\NC(=O)c3cc4cc(Br)cc(I)c4o3)c2C)cc1. The van der Waals surface area contributed by atoms with Crippen LogP contribution < -0.4 is 10.3 Å². The van der Waals surface area contributed by atoms with E-state index < -0.39 is 0 Å². The van der Waals surface area contributed by atoms with Crippen molar-refractivity contribution < 1.29 is 9.21 Å². The van der Waals surface area contributed by atoms with Crippen molar-refractivity contribution in [3.8, 4) is 5.69 Å². The van der Waals surface area contributed by atoms with Gasteiger partial charge in [0, 0.05) is 51.3 Å². The van der Waals surface area contributed by atoms with E-state index in [2.05, 4.69) is 110 Å². The van der Waals surface area contributed by atoms with Gasteiger partial charge in [-0.05, 0) is 98.8 Å². The molecule has 0 saturated carbocycles. The lowest BCUT2D eigenvalue weighted by molar-refractivity contribution is 0.0929. The van der Waals surface area contributed by atoms with Gasteiger partial charge in [0.1, 0.15) is 5.58 Å². The van der Waals surface area contributed by atoms with Gasteiger partial charge in [-0.25, -0.2) is 5.43 Å². The maximum Gasteiger partial charge on any atom is 0.307 e. The molecule has 1 amide bonds. The number of nitrogens with one attached hydrogen (secondary N) is 1. The number of aromatic nitrogens is 1. The van der Waals surface area contributed by atoms with Crippen LogP contribution in [0.5, 0.6) is 0 Å². The summed E-state index contributed by atoms with van der Waals surface area (Å²) in [6, 6.07) is 16.2. The molecule has 2 heterocycles. The third-order valence-corrected chi connectivity index (χ3v) is 7.10. The zero-order valence-electron chi connectivity index (χ0n) is 19.5. The Morgan fingerprint density at radius 2 is 1.85 bits per heavy atom. The van der Waals surface area contributed by atoms with Crippen molar-refractivity contribution in [3.63, 3.8) is 0 Å². The van der Waals surface area contributed by atoms with Gasteiger partial charge < -0.3 is 13.9 Å². The molecule has 1 N–H and O–H groups in total. The van der Waals surface area contributed by atoms with E-state index in [1.807, 2.05) is 19.1 Å². The van der Waals surface area contributed by atoms with Crippen molar-refractivity contribution in [1.82, 2.24) is 9.99 Å². The number of furan rings is 1. The molecule has 0 bridgehead atoms. The standard InChI is InChI=1S/C26H26BrIN4O2/c1-5-31(6-2)21-7-9-22(10-8-21)32-16(3)11-19(17(32)4)15-29-30-26(33)24-13-18-12-20(27)14-23(28)25(18)34-24/h7-15H,5-6H2,1-4H3,(H,30,33)/b29-15-. The van der Waals surface area contributed by atoms with Crippen LogP contribution in [0, 0.1) is 17.4 Å². The van der Waals surface area contributed by atoms with Gasteiger partial charge in [0.2, 0.25) is 0 Å². The molecule has 2 aromatic carbocycles. The van der Waals surface area contributed by atoms with Gasteiger partial charge in [-0.2, -0.15) is 5.10 Å². The van der Waals surface area contributed by atoms with Crippen LogP contribution in [0.1, 0.15) is 41.4 Å². The van der Waals surface area contributed by atoms with Crippen molar-refractivity contribution >= 4 is 67.3 Å². The molecule has 0 aliphatic rings. The van der Waals surface area contributed by atoms with Gasteiger partial charge in [-0.1, -0.05) is 15.9 Å². The van der Waals surface area contributed by atoms with E-state index in [1.165, 1.54) is 5.69 Å². The highest BCUT2D eigenvalue weighted by atomic mass is 127. The smallest absolute Gasteiger partial charge is 0.307 e. The second kappa shape index (κ2) is 10.4. The molecular weight excluding hydrogens is 607 g/mol. The van der Waals surface area contributed by atoms with Crippen LogP contribution in [0.25, 0.3) is 16.7 Å². The summed E-state index contributed by atoms with van der Waals surface area (Å²) in [6.07, 6.45) is 1.67. The Morgan fingerprint density at radius 3 is 2.53 bits per heavy atom. The van der Waals surface area contributed by atoms with Crippen molar-refractivity contribution in [3.05, 3.63) is 79.3 Å². The molecule has 6 nitrogen and oxygen atoms in total. The van der Waals surface area contributed by atoms with Crippen LogP contribution in [0.15, 0.2) is 62.5 Å². The normalized spacial score (nSPS) is 11.5. The Hall–Kier alpha value is -2.59. The lowest BCUT2D eigenvalue weighted by Crippen LogP contribution is -2.21. The maximum absolute atomic E-state index is 12.6. The molecule has 0 fully saturated rings. The van der Waals surface area contributed by atoms with Gasteiger partial charge in [0.25, 0.3) is 0 Å². The number of halogens is 2.